The quantitative estimate of drug-likeness (QED) is 0.854. The molecule has 0 aliphatic heterocycles. The number of carboxylic acids is 1. The topological polar surface area (TPSA) is 87.5 Å². The average Bonchev–Trinajstić information content (AvgIpc) is 2.77. The lowest BCUT2D eigenvalue weighted by Crippen LogP contribution is -2.42. The van der Waals surface area contributed by atoms with Crippen LogP contribution in [0.2, 0.25) is 0 Å². The second kappa shape index (κ2) is 6.46. The summed E-state index contributed by atoms with van der Waals surface area (Å²) in [6.45, 7) is -0.561. The monoisotopic (exact) mass is 308 g/mol. The minimum atomic E-state index is -4.38. The zero-order valence-corrected chi connectivity index (χ0v) is 11.4. The van der Waals surface area contributed by atoms with Crippen LogP contribution in [0.15, 0.2) is 12.4 Å². The first-order valence-electron chi connectivity index (χ1n) is 5.90. The minimum Gasteiger partial charge on any atom is -0.479 e. The second-order valence-corrected chi connectivity index (χ2v) is 4.45. The number of alkyl halides is 3. The number of hydrogen-bond acceptors (Lipinski definition) is 3. The van der Waals surface area contributed by atoms with Crippen molar-refractivity contribution in [3.8, 4) is 0 Å². The van der Waals surface area contributed by atoms with Gasteiger partial charge in [0, 0.05) is 32.4 Å². The molecule has 0 saturated heterocycles. The Morgan fingerprint density at radius 3 is 2.57 bits per heavy atom. The molecular formula is C11H15F3N4O3. The minimum absolute atomic E-state index is 0.225. The van der Waals surface area contributed by atoms with Crippen molar-refractivity contribution in [2.75, 3.05) is 13.6 Å². The third-order valence-corrected chi connectivity index (χ3v) is 2.65. The number of aliphatic carboxylic acids is 1. The fraction of sp³-hybridized carbons (Fsp3) is 0.545. The summed E-state index contributed by atoms with van der Waals surface area (Å²) in [5.41, 5.74) is 0.225. The lowest BCUT2D eigenvalue weighted by molar-refractivity contribution is -0.140. The van der Waals surface area contributed by atoms with Crippen molar-refractivity contribution >= 4 is 12.0 Å². The number of amides is 2. The van der Waals surface area contributed by atoms with Crippen LogP contribution in [0.25, 0.3) is 0 Å². The summed E-state index contributed by atoms with van der Waals surface area (Å²) < 4.78 is 37.6. The van der Waals surface area contributed by atoms with Crippen LogP contribution in [0.3, 0.4) is 0 Å². The number of aromatic nitrogens is 2. The van der Waals surface area contributed by atoms with Crippen LogP contribution in [0.5, 0.6) is 0 Å². The molecule has 0 fully saturated rings. The van der Waals surface area contributed by atoms with E-state index in [2.05, 4.69) is 10.4 Å². The van der Waals surface area contributed by atoms with Gasteiger partial charge in [-0.05, 0) is 0 Å². The normalized spacial score (nSPS) is 12.8. The van der Waals surface area contributed by atoms with E-state index in [4.69, 9.17) is 5.11 Å². The van der Waals surface area contributed by atoms with E-state index >= 15 is 0 Å². The summed E-state index contributed by atoms with van der Waals surface area (Å²) >= 11 is 0. The maximum Gasteiger partial charge on any atom is 0.390 e. The number of aryl methyl sites for hydroxylation is 1. The Morgan fingerprint density at radius 2 is 2.14 bits per heavy atom. The van der Waals surface area contributed by atoms with E-state index in [0.717, 1.165) is 11.9 Å². The fourth-order valence-corrected chi connectivity index (χ4v) is 1.51. The van der Waals surface area contributed by atoms with E-state index in [1.54, 1.807) is 7.05 Å². The van der Waals surface area contributed by atoms with Gasteiger partial charge in [-0.25, -0.2) is 9.59 Å². The standard InChI is InChI=1S/C11H15F3N4O3/c1-17(4-3-11(12,13)14)10(21)16-8(9(19)20)7-5-15-18(2)6-7/h5-6,8H,3-4H2,1-2H3,(H,16,21)(H,19,20). The van der Waals surface area contributed by atoms with Gasteiger partial charge in [0.1, 0.15) is 0 Å². The third kappa shape index (κ3) is 5.32. The van der Waals surface area contributed by atoms with Crippen LogP contribution in [0.1, 0.15) is 18.0 Å². The van der Waals surface area contributed by atoms with Crippen molar-refractivity contribution in [3.63, 3.8) is 0 Å². The average molecular weight is 308 g/mol. The zero-order chi connectivity index (χ0) is 16.2. The zero-order valence-electron chi connectivity index (χ0n) is 11.4. The van der Waals surface area contributed by atoms with Crippen molar-refractivity contribution in [2.24, 2.45) is 7.05 Å². The van der Waals surface area contributed by atoms with Crippen LogP contribution < -0.4 is 5.32 Å². The molecule has 0 saturated carbocycles. The van der Waals surface area contributed by atoms with Gasteiger partial charge in [-0.2, -0.15) is 18.3 Å². The summed E-state index contributed by atoms with van der Waals surface area (Å²) in [7, 11) is 2.73. The molecular weight excluding hydrogens is 293 g/mol. The second-order valence-electron chi connectivity index (χ2n) is 4.45. The molecule has 0 aromatic carbocycles. The number of urea groups is 1. The number of carbonyl (C=O) groups excluding carboxylic acids is 1. The van der Waals surface area contributed by atoms with Gasteiger partial charge >= 0.3 is 18.2 Å². The molecule has 0 aliphatic rings. The predicted molar refractivity (Wildman–Crippen MR) is 65.4 cm³/mol. The first-order valence-corrected chi connectivity index (χ1v) is 5.90. The van der Waals surface area contributed by atoms with E-state index in [-0.39, 0.29) is 5.56 Å². The Balaban J connectivity index is 2.67. The van der Waals surface area contributed by atoms with Crippen molar-refractivity contribution in [3.05, 3.63) is 18.0 Å². The third-order valence-electron chi connectivity index (χ3n) is 2.65. The van der Waals surface area contributed by atoms with Crippen molar-refractivity contribution in [1.82, 2.24) is 20.0 Å². The Bertz CT molecular complexity index is 515. The molecule has 2 N–H and O–H groups in total. The number of hydrogen-bond donors (Lipinski definition) is 2. The maximum absolute atomic E-state index is 12.1. The molecule has 1 heterocycles. The van der Waals surface area contributed by atoms with Gasteiger partial charge in [-0.1, -0.05) is 0 Å². The largest absolute Gasteiger partial charge is 0.479 e. The summed E-state index contributed by atoms with van der Waals surface area (Å²) in [6, 6.07) is -2.28. The molecule has 1 rings (SSSR count). The van der Waals surface area contributed by atoms with Crippen molar-refractivity contribution in [1.29, 1.82) is 0 Å². The summed E-state index contributed by atoms with van der Waals surface area (Å²) in [4.78, 5) is 23.6. The highest BCUT2D eigenvalue weighted by atomic mass is 19.4. The molecule has 0 spiro atoms. The lowest BCUT2D eigenvalue weighted by atomic mass is 10.1. The predicted octanol–water partition coefficient (Wildman–Crippen LogP) is 1.14. The van der Waals surface area contributed by atoms with Crippen LogP contribution in [0.4, 0.5) is 18.0 Å². The molecule has 10 heteroatoms. The van der Waals surface area contributed by atoms with Gasteiger partial charge < -0.3 is 15.3 Å². The summed E-state index contributed by atoms with van der Waals surface area (Å²) in [6.07, 6.45) is -2.89. The molecule has 2 amide bonds. The number of nitrogens with one attached hydrogen (secondary N) is 1. The Morgan fingerprint density at radius 1 is 1.52 bits per heavy atom. The highest BCUT2D eigenvalue weighted by Crippen LogP contribution is 2.19. The molecule has 0 bridgehead atoms. The van der Waals surface area contributed by atoms with E-state index in [9.17, 15) is 22.8 Å². The van der Waals surface area contributed by atoms with E-state index < -0.39 is 37.2 Å². The van der Waals surface area contributed by atoms with E-state index in [0.29, 0.717) is 0 Å². The molecule has 1 unspecified atom stereocenters. The van der Waals surface area contributed by atoms with Crippen LogP contribution in [-0.4, -0.2) is 51.6 Å². The fourth-order valence-electron chi connectivity index (χ4n) is 1.51. The SMILES string of the molecule is CN(CCC(F)(F)F)C(=O)NC(C(=O)O)c1cnn(C)c1. The molecule has 7 nitrogen and oxygen atoms in total. The number of rotatable bonds is 5. The van der Waals surface area contributed by atoms with Crippen LogP contribution in [-0.2, 0) is 11.8 Å². The van der Waals surface area contributed by atoms with Crippen molar-refractivity contribution < 1.29 is 27.9 Å². The molecule has 0 radical (unpaired) electrons. The highest BCUT2D eigenvalue weighted by Gasteiger charge is 2.29. The first-order chi connectivity index (χ1) is 9.60. The lowest BCUT2D eigenvalue weighted by Gasteiger charge is -2.21. The highest BCUT2D eigenvalue weighted by molar-refractivity contribution is 5.83. The van der Waals surface area contributed by atoms with E-state index in [1.807, 2.05) is 0 Å². The summed E-state index contributed by atoms with van der Waals surface area (Å²) in [5, 5.41) is 15.0. The van der Waals surface area contributed by atoms with Crippen LogP contribution >= 0.6 is 0 Å². The maximum atomic E-state index is 12.1. The number of nitrogens with zero attached hydrogens (tertiary/aromatic N) is 3. The van der Waals surface area contributed by atoms with Gasteiger partial charge in [0.2, 0.25) is 0 Å². The van der Waals surface area contributed by atoms with Gasteiger partial charge in [0.05, 0.1) is 12.6 Å². The molecule has 1 atom stereocenters. The Hall–Kier alpha value is -2.26. The van der Waals surface area contributed by atoms with Gasteiger partial charge in [0.25, 0.3) is 0 Å². The van der Waals surface area contributed by atoms with Crippen molar-refractivity contribution in [2.45, 2.75) is 18.6 Å². The summed E-state index contributed by atoms with van der Waals surface area (Å²) in [5.74, 6) is -1.33. The Labute approximate surface area is 118 Å². The smallest absolute Gasteiger partial charge is 0.390 e. The van der Waals surface area contributed by atoms with Gasteiger partial charge in [0.15, 0.2) is 6.04 Å². The van der Waals surface area contributed by atoms with Gasteiger partial charge in [-0.15, -0.1) is 0 Å². The molecule has 0 aliphatic carbocycles. The molecule has 21 heavy (non-hydrogen) atoms. The van der Waals surface area contributed by atoms with Gasteiger partial charge in [-0.3, -0.25) is 4.68 Å². The number of carbonyl (C=O) groups is 2. The molecule has 118 valence electrons. The Kier molecular flexibility index (Phi) is 5.17. The van der Waals surface area contributed by atoms with E-state index in [1.165, 1.54) is 17.1 Å². The van der Waals surface area contributed by atoms with Crippen LogP contribution in [0, 0.1) is 0 Å². The number of halogens is 3. The first kappa shape index (κ1) is 16.8. The number of carboxylic acid groups (broad SMARTS) is 1. The molecule has 1 aromatic heterocycles. The molecule has 1 aromatic rings.